The van der Waals surface area contributed by atoms with E-state index in [1.54, 1.807) is 12.1 Å². The molecule has 2 N–H and O–H groups in total. The minimum absolute atomic E-state index is 0.0289. The Balaban J connectivity index is 2.03. The Bertz CT molecular complexity index is 437. The van der Waals surface area contributed by atoms with E-state index in [9.17, 15) is 14.7 Å². The number of benzene rings is 1. The van der Waals surface area contributed by atoms with Crippen LogP contribution in [0.1, 0.15) is 10.4 Å². The van der Waals surface area contributed by atoms with Gasteiger partial charge in [-0.3, -0.25) is 9.59 Å². The molecule has 2 rings (SSSR count). The topological polar surface area (TPSA) is 77.8 Å². The standard InChI is InChI=1S/C11H11NO4/c13-9-3-1-2-7(4-9)10(14)12-5-8(6-12)11(15)16/h1-4,8,13H,5-6H2,(H,15,16). The summed E-state index contributed by atoms with van der Waals surface area (Å²) in [4.78, 5) is 23.8. The number of hydrogen-bond donors (Lipinski definition) is 2. The van der Waals surface area contributed by atoms with Crippen molar-refractivity contribution in [3.8, 4) is 5.75 Å². The largest absolute Gasteiger partial charge is 0.508 e. The fourth-order valence-corrected chi connectivity index (χ4v) is 1.62. The van der Waals surface area contributed by atoms with Crippen LogP contribution in [0.2, 0.25) is 0 Å². The van der Waals surface area contributed by atoms with Crippen molar-refractivity contribution < 1.29 is 19.8 Å². The number of carboxylic acid groups (broad SMARTS) is 1. The zero-order valence-corrected chi connectivity index (χ0v) is 8.46. The van der Waals surface area contributed by atoms with Gasteiger partial charge >= 0.3 is 5.97 Å². The molecule has 1 aliphatic heterocycles. The van der Waals surface area contributed by atoms with Crippen LogP contribution in [-0.4, -0.2) is 40.1 Å². The van der Waals surface area contributed by atoms with Gasteiger partial charge < -0.3 is 15.1 Å². The van der Waals surface area contributed by atoms with Crippen LogP contribution in [0.3, 0.4) is 0 Å². The van der Waals surface area contributed by atoms with Crippen LogP contribution in [0.4, 0.5) is 0 Å². The summed E-state index contributed by atoms with van der Waals surface area (Å²) in [6.07, 6.45) is 0. The number of hydrogen-bond acceptors (Lipinski definition) is 3. The van der Waals surface area contributed by atoms with E-state index >= 15 is 0 Å². The molecule has 84 valence electrons. The summed E-state index contributed by atoms with van der Waals surface area (Å²) in [6.45, 7) is 0.480. The Morgan fingerprint density at radius 3 is 2.56 bits per heavy atom. The average molecular weight is 221 g/mol. The van der Waals surface area contributed by atoms with Gasteiger partial charge in [0, 0.05) is 18.7 Å². The number of aromatic hydroxyl groups is 1. The molecule has 0 spiro atoms. The summed E-state index contributed by atoms with van der Waals surface area (Å²) in [7, 11) is 0. The summed E-state index contributed by atoms with van der Waals surface area (Å²) >= 11 is 0. The van der Waals surface area contributed by atoms with Crippen molar-refractivity contribution in [2.45, 2.75) is 0 Å². The van der Waals surface area contributed by atoms with Gasteiger partial charge in [-0.15, -0.1) is 0 Å². The highest BCUT2D eigenvalue weighted by atomic mass is 16.4. The number of phenols is 1. The Kier molecular flexibility index (Phi) is 2.52. The van der Waals surface area contributed by atoms with E-state index in [0.717, 1.165) is 0 Å². The van der Waals surface area contributed by atoms with Gasteiger partial charge in [0.05, 0.1) is 5.92 Å². The second-order valence-corrected chi connectivity index (χ2v) is 3.80. The molecule has 5 heteroatoms. The van der Waals surface area contributed by atoms with Gasteiger partial charge in [-0.2, -0.15) is 0 Å². The predicted molar refractivity (Wildman–Crippen MR) is 55.1 cm³/mol. The number of phenolic OH excluding ortho intramolecular Hbond substituents is 1. The number of rotatable bonds is 2. The van der Waals surface area contributed by atoms with Gasteiger partial charge in [0.15, 0.2) is 0 Å². The van der Waals surface area contributed by atoms with Crippen LogP contribution >= 0.6 is 0 Å². The molecule has 0 saturated carbocycles. The maximum atomic E-state index is 11.8. The van der Waals surface area contributed by atoms with E-state index in [1.807, 2.05) is 0 Å². The van der Waals surface area contributed by atoms with Crippen molar-refractivity contribution in [2.75, 3.05) is 13.1 Å². The molecule has 1 aliphatic rings. The van der Waals surface area contributed by atoms with E-state index in [4.69, 9.17) is 5.11 Å². The highest BCUT2D eigenvalue weighted by Crippen LogP contribution is 2.20. The Morgan fingerprint density at radius 2 is 2.00 bits per heavy atom. The first-order chi connectivity index (χ1) is 7.58. The van der Waals surface area contributed by atoms with Crippen molar-refractivity contribution in [1.82, 2.24) is 4.90 Å². The number of amides is 1. The maximum absolute atomic E-state index is 11.8. The molecule has 0 unspecified atom stereocenters. The second kappa shape index (κ2) is 3.84. The molecule has 5 nitrogen and oxygen atoms in total. The van der Waals surface area contributed by atoms with Gasteiger partial charge in [0.25, 0.3) is 5.91 Å². The summed E-state index contributed by atoms with van der Waals surface area (Å²) in [6, 6.07) is 6.02. The zero-order chi connectivity index (χ0) is 11.7. The first-order valence-corrected chi connectivity index (χ1v) is 4.89. The minimum atomic E-state index is -0.875. The Labute approximate surface area is 91.9 Å². The van der Waals surface area contributed by atoms with E-state index in [2.05, 4.69) is 0 Å². The first kappa shape index (κ1) is 10.5. The number of carbonyl (C=O) groups is 2. The van der Waals surface area contributed by atoms with Crippen molar-refractivity contribution in [3.05, 3.63) is 29.8 Å². The molecule has 0 atom stereocenters. The molecular weight excluding hydrogens is 210 g/mol. The normalized spacial score (nSPS) is 15.6. The smallest absolute Gasteiger partial charge is 0.310 e. The first-order valence-electron chi connectivity index (χ1n) is 4.89. The maximum Gasteiger partial charge on any atom is 0.310 e. The molecule has 1 heterocycles. The van der Waals surface area contributed by atoms with Crippen LogP contribution in [0.15, 0.2) is 24.3 Å². The van der Waals surface area contributed by atoms with Crippen LogP contribution in [0.25, 0.3) is 0 Å². The van der Waals surface area contributed by atoms with E-state index in [-0.39, 0.29) is 24.7 Å². The SMILES string of the molecule is O=C(O)C1CN(C(=O)c2cccc(O)c2)C1. The molecule has 1 fully saturated rings. The summed E-state index contributed by atoms with van der Waals surface area (Å²) in [5.41, 5.74) is 0.379. The second-order valence-electron chi connectivity index (χ2n) is 3.80. The van der Waals surface area contributed by atoms with Crippen LogP contribution in [0.5, 0.6) is 5.75 Å². The minimum Gasteiger partial charge on any atom is -0.508 e. The number of aliphatic carboxylic acids is 1. The Morgan fingerprint density at radius 1 is 1.31 bits per heavy atom. The van der Waals surface area contributed by atoms with Crippen molar-refractivity contribution in [1.29, 1.82) is 0 Å². The van der Waals surface area contributed by atoms with Crippen LogP contribution in [0, 0.1) is 5.92 Å². The lowest BCUT2D eigenvalue weighted by atomic mass is 9.99. The summed E-state index contributed by atoms with van der Waals surface area (Å²) < 4.78 is 0. The van der Waals surface area contributed by atoms with Crippen LogP contribution in [-0.2, 0) is 4.79 Å². The summed E-state index contributed by atoms with van der Waals surface area (Å²) in [5.74, 6) is -1.55. The predicted octanol–water partition coefficient (Wildman–Crippen LogP) is 0.549. The molecule has 0 radical (unpaired) electrons. The van der Waals surface area contributed by atoms with Gasteiger partial charge in [-0.05, 0) is 18.2 Å². The van der Waals surface area contributed by atoms with Crippen molar-refractivity contribution in [2.24, 2.45) is 5.92 Å². The molecule has 0 bridgehead atoms. The lowest BCUT2D eigenvalue weighted by molar-refractivity contribution is -0.146. The third-order valence-electron chi connectivity index (χ3n) is 2.61. The average Bonchev–Trinajstić information content (AvgIpc) is 2.14. The lowest BCUT2D eigenvalue weighted by Crippen LogP contribution is -2.53. The van der Waals surface area contributed by atoms with Crippen LogP contribution < -0.4 is 0 Å². The zero-order valence-electron chi connectivity index (χ0n) is 8.46. The third kappa shape index (κ3) is 1.84. The molecule has 16 heavy (non-hydrogen) atoms. The molecule has 1 amide bonds. The van der Waals surface area contributed by atoms with Gasteiger partial charge in [0.2, 0.25) is 0 Å². The van der Waals surface area contributed by atoms with Crippen molar-refractivity contribution >= 4 is 11.9 Å². The van der Waals surface area contributed by atoms with Gasteiger partial charge in [-0.1, -0.05) is 6.07 Å². The fourth-order valence-electron chi connectivity index (χ4n) is 1.62. The highest BCUT2D eigenvalue weighted by molar-refractivity contribution is 5.96. The molecule has 1 aromatic rings. The van der Waals surface area contributed by atoms with Crippen molar-refractivity contribution in [3.63, 3.8) is 0 Å². The van der Waals surface area contributed by atoms with E-state index < -0.39 is 11.9 Å². The lowest BCUT2D eigenvalue weighted by Gasteiger charge is -2.36. The molecular formula is C11H11NO4. The molecule has 0 aliphatic carbocycles. The molecule has 1 saturated heterocycles. The summed E-state index contributed by atoms with van der Waals surface area (Å²) in [5, 5.41) is 17.9. The monoisotopic (exact) mass is 221 g/mol. The molecule has 1 aromatic carbocycles. The number of nitrogens with zero attached hydrogens (tertiary/aromatic N) is 1. The third-order valence-corrected chi connectivity index (χ3v) is 2.61. The number of carboxylic acids is 1. The highest BCUT2D eigenvalue weighted by Gasteiger charge is 2.35. The quantitative estimate of drug-likeness (QED) is 0.764. The fraction of sp³-hybridized carbons (Fsp3) is 0.273. The number of likely N-dealkylation sites (tertiary alicyclic amines) is 1. The van der Waals surface area contributed by atoms with E-state index in [1.165, 1.54) is 17.0 Å². The number of carbonyl (C=O) groups excluding carboxylic acids is 1. The molecule has 0 aromatic heterocycles. The van der Waals surface area contributed by atoms with E-state index in [0.29, 0.717) is 5.56 Å². The Hall–Kier alpha value is -2.04. The van der Waals surface area contributed by atoms with Gasteiger partial charge in [0.1, 0.15) is 5.75 Å². The van der Waals surface area contributed by atoms with Gasteiger partial charge in [-0.25, -0.2) is 0 Å².